The molecule has 0 radical (unpaired) electrons. The minimum Gasteiger partial charge on any atom is -0.388 e. The Balaban J connectivity index is 2.13. The third-order valence-corrected chi connectivity index (χ3v) is 3.35. The molecule has 2 N–H and O–H groups in total. The summed E-state index contributed by atoms with van der Waals surface area (Å²) in [4.78, 5) is 4.38. The van der Waals surface area contributed by atoms with Crippen molar-refractivity contribution in [3.8, 4) is 6.07 Å². The summed E-state index contributed by atoms with van der Waals surface area (Å²) in [5, 5.41) is 15.6. The topological polar surface area (TPSA) is 60.2 Å². The van der Waals surface area contributed by atoms with E-state index in [4.69, 9.17) is 0 Å². The van der Waals surface area contributed by atoms with E-state index < -0.39 is 0 Å². The SMILES string of the molecule is CNc1cc(CC(C#N)C=Nc2ccccc2)cc(NC)c1. The summed E-state index contributed by atoms with van der Waals surface area (Å²) in [5.41, 5.74) is 4.02. The predicted octanol–water partition coefficient (Wildman–Crippen LogP) is 3.85. The molecule has 112 valence electrons. The van der Waals surface area contributed by atoms with Crippen molar-refractivity contribution < 1.29 is 0 Å². The minimum absolute atomic E-state index is 0.253. The van der Waals surface area contributed by atoms with Crippen LogP contribution >= 0.6 is 0 Å². The van der Waals surface area contributed by atoms with Crippen LogP contribution in [0, 0.1) is 17.2 Å². The third-order valence-electron chi connectivity index (χ3n) is 3.35. The highest BCUT2D eigenvalue weighted by Gasteiger charge is 2.08. The third kappa shape index (κ3) is 4.35. The number of aliphatic imine (C=N–C) groups is 1. The molecule has 0 aromatic heterocycles. The van der Waals surface area contributed by atoms with Gasteiger partial charge in [-0.1, -0.05) is 18.2 Å². The Morgan fingerprint density at radius 1 is 1.09 bits per heavy atom. The molecule has 0 aliphatic carbocycles. The van der Waals surface area contributed by atoms with Gasteiger partial charge >= 0.3 is 0 Å². The van der Waals surface area contributed by atoms with Crippen LogP contribution in [-0.2, 0) is 6.42 Å². The minimum atomic E-state index is -0.253. The monoisotopic (exact) mass is 292 g/mol. The van der Waals surface area contributed by atoms with Crippen molar-refractivity contribution in [2.45, 2.75) is 6.42 Å². The zero-order valence-electron chi connectivity index (χ0n) is 12.9. The molecule has 1 unspecified atom stereocenters. The lowest BCUT2D eigenvalue weighted by Gasteiger charge is -2.10. The molecular formula is C18H20N4. The van der Waals surface area contributed by atoms with Crippen molar-refractivity contribution in [2.24, 2.45) is 10.9 Å². The molecule has 0 aliphatic rings. The van der Waals surface area contributed by atoms with Crippen LogP contribution < -0.4 is 10.6 Å². The van der Waals surface area contributed by atoms with Crippen LogP contribution in [0.2, 0.25) is 0 Å². The molecule has 2 aromatic carbocycles. The summed E-state index contributed by atoms with van der Waals surface area (Å²) in [5.74, 6) is -0.253. The number of nitrogens with one attached hydrogen (secondary N) is 2. The maximum Gasteiger partial charge on any atom is 0.0856 e. The smallest absolute Gasteiger partial charge is 0.0856 e. The fourth-order valence-corrected chi connectivity index (χ4v) is 2.17. The zero-order valence-corrected chi connectivity index (χ0v) is 12.9. The number of nitrogens with zero attached hydrogens (tertiary/aromatic N) is 2. The molecule has 0 saturated carbocycles. The van der Waals surface area contributed by atoms with Gasteiger partial charge in [0.25, 0.3) is 0 Å². The number of benzene rings is 2. The van der Waals surface area contributed by atoms with Gasteiger partial charge in [-0.15, -0.1) is 0 Å². The van der Waals surface area contributed by atoms with Gasteiger partial charge in [0.05, 0.1) is 17.7 Å². The lowest BCUT2D eigenvalue weighted by Crippen LogP contribution is -2.04. The Morgan fingerprint density at radius 3 is 2.27 bits per heavy atom. The van der Waals surface area contributed by atoms with E-state index in [9.17, 15) is 5.26 Å². The average molecular weight is 292 g/mol. The largest absolute Gasteiger partial charge is 0.388 e. The normalized spacial score (nSPS) is 11.9. The summed E-state index contributed by atoms with van der Waals surface area (Å²) in [7, 11) is 3.77. The van der Waals surface area contributed by atoms with Gasteiger partial charge in [0.2, 0.25) is 0 Å². The molecule has 22 heavy (non-hydrogen) atoms. The molecular weight excluding hydrogens is 272 g/mol. The number of hydrogen-bond acceptors (Lipinski definition) is 4. The molecule has 0 amide bonds. The standard InChI is InChI=1S/C18H20N4/c1-20-17-9-14(10-18(11-17)21-2)8-15(12-19)13-22-16-6-4-3-5-7-16/h3-7,9-11,13,15,20-21H,8H2,1-2H3. The molecule has 0 saturated heterocycles. The summed E-state index contributed by atoms with van der Waals surface area (Å²) < 4.78 is 0. The Kier molecular flexibility index (Phi) is 5.56. The first-order valence-electron chi connectivity index (χ1n) is 7.23. The molecule has 0 fully saturated rings. The maximum atomic E-state index is 9.35. The second-order valence-electron chi connectivity index (χ2n) is 4.97. The van der Waals surface area contributed by atoms with Gasteiger partial charge in [0.15, 0.2) is 0 Å². The summed E-state index contributed by atoms with van der Waals surface area (Å²) >= 11 is 0. The van der Waals surface area contributed by atoms with E-state index in [1.54, 1.807) is 6.21 Å². The first-order chi connectivity index (χ1) is 10.7. The highest BCUT2D eigenvalue weighted by atomic mass is 14.8. The van der Waals surface area contributed by atoms with Crippen LogP contribution in [0.25, 0.3) is 0 Å². The van der Waals surface area contributed by atoms with Crippen LogP contribution in [0.3, 0.4) is 0 Å². The summed E-state index contributed by atoms with van der Waals surface area (Å²) in [6.45, 7) is 0. The lowest BCUT2D eigenvalue weighted by molar-refractivity contribution is 0.880. The second-order valence-corrected chi connectivity index (χ2v) is 4.97. The maximum absolute atomic E-state index is 9.35. The molecule has 0 spiro atoms. The molecule has 0 heterocycles. The highest BCUT2D eigenvalue weighted by Crippen LogP contribution is 2.20. The van der Waals surface area contributed by atoms with Crippen molar-refractivity contribution in [1.29, 1.82) is 5.26 Å². The van der Waals surface area contributed by atoms with Gasteiger partial charge < -0.3 is 10.6 Å². The van der Waals surface area contributed by atoms with Gasteiger partial charge in [0.1, 0.15) is 0 Å². The first-order valence-corrected chi connectivity index (χ1v) is 7.23. The Bertz CT molecular complexity index is 649. The second kappa shape index (κ2) is 7.84. The van der Waals surface area contributed by atoms with Crippen LogP contribution in [0.1, 0.15) is 5.56 Å². The molecule has 2 aromatic rings. The van der Waals surface area contributed by atoms with Gasteiger partial charge in [-0.05, 0) is 42.3 Å². The van der Waals surface area contributed by atoms with E-state index in [-0.39, 0.29) is 5.92 Å². The quantitative estimate of drug-likeness (QED) is 0.795. The summed E-state index contributed by atoms with van der Waals surface area (Å²) in [6.07, 6.45) is 2.36. The van der Waals surface area contributed by atoms with Crippen LogP contribution in [0.15, 0.2) is 53.5 Å². The van der Waals surface area contributed by atoms with Gasteiger partial charge in [-0.3, -0.25) is 4.99 Å². The highest BCUT2D eigenvalue weighted by molar-refractivity contribution is 5.69. The molecule has 0 aliphatic heterocycles. The van der Waals surface area contributed by atoms with E-state index in [0.717, 1.165) is 22.6 Å². The number of rotatable bonds is 6. The van der Waals surface area contributed by atoms with Crippen molar-refractivity contribution in [2.75, 3.05) is 24.7 Å². The van der Waals surface area contributed by atoms with E-state index in [0.29, 0.717) is 6.42 Å². The molecule has 1 atom stereocenters. The van der Waals surface area contributed by atoms with Gasteiger partial charge in [0, 0.05) is 31.7 Å². The molecule has 0 bridgehead atoms. The molecule has 2 rings (SSSR count). The summed E-state index contributed by atoms with van der Waals surface area (Å²) in [6, 6.07) is 18.1. The molecule has 4 heteroatoms. The van der Waals surface area contributed by atoms with Crippen molar-refractivity contribution in [3.05, 3.63) is 54.1 Å². The Hall–Kier alpha value is -2.80. The van der Waals surface area contributed by atoms with E-state index in [2.05, 4.69) is 33.8 Å². The van der Waals surface area contributed by atoms with Crippen molar-refractivity contribution in [3.63, 3.8) is 0 Å². The van der Waals surface area contributed by atoms with Gasteiger partial charge in [-0.2, -0.15) is 5.26 Å². The fraction of sp³-hybridized carbons (Fsp3) is 0.222. The predicted molar refractivity (Wildman–Crippen MR) is 92.9 cm³/mol. The molecule has 4 nitrogen and oxygen atoms in total. The van der Waals surface area contributed by atoms with E-state index in [1.807, 2.05) is 50.5 Å². The van der Waals surface area contributed by atoms with Crippen molar-refractivity contribution in [1.82, 2.24) is 0 Å². The van der Waals surface area contributed by atoms with Crippen LogP contribution in [-0.4, -0.2) is 20.3 Å². The zero-order chi connectivity index (χ0) is 15.8. The fourth-order valence-electron chi connectivity index (χ4n) is 2.17. The number of hydrogen-bond donors (Lipinski definition) is 2. The average Bonchev–Trinajstić information content (AvgIpc) is 2.59. The first kappa shape index (κ1) is 15.6. The number of para-hydroxylation sites is 1. The van der Waals surface area contributed by atoms with E-state index in [1.165, 1.54) is 0 Å². The van der Waals surface area contributed by atoms with E-state index >= 15 is 0 Å². The Labute approximate surface area is 131 Å². The Morgan fingerprint density at radius 2 is 1.73 bits per heavy atom. The van der Waals surface area contributed by atoms with Crippen molar-refractivity contribution >= 4 is 23.3 Å². The number of anilines is 2. The van der Waals surface area contributed by atoms with Crippen LogP contribution in [0.5, 0.6) is 0 Å². The van der Waals surface area contributed by atoms with Gasteiger partial charge in [-0.25, -0.2) is 0 Å². The lowest BCUT2D eigenvalue weighted by atomic mass is 10.0. The number of nitriles is 1. The van der Waals surface area contributed by atoms with Crippen LogP contribution in [0.4, 0.5) is 17.1 Å².